The lowest BCUT2D eigenvalue weighted by atomic mass is 9.95. The van der Waals surface area contributed by atoms with Gasteiger partial charge in [-0.15, -0.1) is 0 Å². The molecule has 5 rings (SSSR count). The number of ether oxygens (including phenoxy) is 3. The van der Waals surface area contributed by atoms with E-state index in [0.29, 0.717) is 47.3 Å². The number of ketones is 1. The van der Waals surface area contributed by atoms with E-state index in [1.807, 2.05) is 0 Å². The Labute approximate surface area is 189 Å². The van der Waals surface area contributed by atoms with Gasteiger partial charge in [0.25, 0.3) is 11.7 Å². The summed E-state index contributed by atoms with van der Waals surface area (Å²) >= 11 is 0. The molecule has 1 aromatic heterocycles. The SMILES string of the molecule is COc1ccccc1N1C(=O)C(=O)/C(=C(\O)c2ccc3c(c2)OCCO3)C1c1ccncc1. The van der Waals surface area contributed by atoms with Gasteiger partial charge in [-0.05, 0) is 48.0 Å². The molecular weight excluding hydrogens is 424 g/mol. The number of methoxy groups -OCH3 is 1. The zero-order chi connectivity index (χ0) is 22.9. The van der Waals surface area contributed by atoms with Gasteiger partial charge in [0.2, 0.25) is 0 Å². The Balaban J connectivity index is 1.70. The molecule has 1 saturated heterocycles. The van der Waals surface area contributed by atoms with E-state index in [2.05, 4.69) is 4.98 Å². The minimum atomic E-state index is -0.877. The summed E-state index contributed by atoms with van der Waals surface area (Å²) < 4.78 is 16.6. The Morgan fingerprint density at radius 3 is 2.52 bits per heavy atom. The van der Waals surface area contributed by atoms with Crippen molar-refractivity contribution in [3.8, 4) is 17.2 Å². The summed E-state index contributed by atoms with van der Waals surface area (Å²) in [7, 11) is 1.49. The second-order valence-electron chi connectivity index (χ2n) is 7.48. The summed E-state index contributed by atoms with van der Waals surface area (Å²) in [4.78, 5) is 31.9. The highest BCUT2D eigenvalue weighted by molar-refractivity contribution is 6.51. The molecule has 166 valence electrons. The lowest BCUT2D eigenvalue weighted by Crippen LogP contribution is -2.29. The number of hydrogen-bond donors (Lipinski definition) is 1. The Bertz CT molecular complexity index is 1270. The van der Waals surface area contributed by atoms with Crippen molar-refractivity contribution in [3.63, 3.8) is 0 Å². The van der Waals surface area contributed by atoms with Gasteiger partial charge in [0.05, 0.1) is 24.4 Å². The number of amides is 1. The summed E-state index contributed by atoms with van der Waals surface area (Å²) in [6.07, 6.45) is 3.14. The summed E-state index contributed by atoms with van der Waals surface area (Å²) in [5.74, 6) is -0.416. The van der Waals surface area contributed by atoms with Gasteiger partial charge in [-0.1, -0.05) is 12.1 Å². The van der Waals surface area contributed by atoms with Crippen molar-refractivity contribution in [3.05, 3.63) is 83.7 Å². The number of pyridine rings is 1. The minimum Gasteiger partial charge on any atom is -0.507 e. The van der Waals surface area contributed by atoms with Crippen molar-refractivity contribution in [1.82, 2.24) is 4.98 Å². The van der Waals surface area contributed by atoms with E-state index < -0.39 is 17.7 Å². The fourth-order valence-corrected chi connectivity index (χ4v) is 4.12. The second kappa shape index (κ2) is 8.31. The Morgan fingerprint density at radius 2 is 1.76 bits per heavy atom. The summed E-state index contributed by atoms with van der Waals surface area (Å²) in [5.41, 5.74) is 1.35. The quantitative estimate of drug-likeness (QED) is 0.374. The second-order valence-corrected chi connectivity index (χ2v) is 7.48. The topological polar surface area (TPSA) is 98.2 Å². The number of hydrogen-bond acceptors (Lipinski definition) is 7. The van der Waals surface area contributed by atoms with Crippen molar-refractivity contribution in [1.29, 1.82) is 0 Å². The number of carbonyl (C=O) groups excluding carboxylic acids is 2. The van der Waals surface area contributed by atoms with E-state index in [1.165, 1.54) is 12.0 Å². The number of anilines is 1. The van der Waals surface area contributed by atoms with Crippen molar-refractivity contribution >= 4 is 23.1 Å². The molecule has 8 heteroatoms. The molecule has 8 nitrogen and oxygen atoms in total. The lowest BCUT2D eigenvalue weighted by Gasteiger charge is -2.26. The first-order valence-electron chi connectivity index (χ1n) is 10.3. The van der Waals surface area contributed by atoms with Crippen LogP contribution in [0, 0.1) is 0 Å². The third-order valence-electron chi connectivity index (χ3n) is 5.63. The summed E-state index contributed by atoms with van der Waals surface area (Å²) in [6, 6.07) is 14.4. The first-order chi connectivity index (χ1) is 16.1. The molecule has 0 radical (unpaired) electrons. The van der Waals surface area contributed by atoms with Crippen molar-refractivity contribution in [2.24, 2.45) is 0 Å². The smallest absolute Gasteiger partial charge is 0.300 e. The van der Waals surface area contributed by atoms with Gasteiger partial charge in [0, 0.05) is 18.0 Å². The van der Waals surface area contributed by atoms with Crippen LogP contribution in [0.25, 0.3) is 5.76 Å². The van der Waals surface area contributed by atoms with E-state index >= 15 is 0 Å². The van der Waals surface area contributed by atoms with E-state index in [-0.39, 0.29) is 11.3 Å². The van der Waals surface area contributed by atoms with Crippen LogP contribution in [0.1, 0.15) is 17.2 Å². The third kappa shape index (κ3) is 3.45. The number of aromatic nitrogens is 1. The van der Waals surface area contributed by atoms with Crippen LogP contribution in [0.2, 0.25) is 0 Å². The molecule has 3 heterocycles. The molecule has 3 aromatic rings. The molecule has 1 atom stereocenters. The number of Topliss-reactive ketones (excluding diaryl/α,β-unsaturated/α-hetero) is 1. The van der Waals surface area contributed by atoms with Crippen LogP contribution in [0.4, 0.5) is 5.69 Å². The monoisotopic (exact) mass is 444 g/mol. The van der Waals surface area contributed by atoms with Crippen LogP contribution in [0.15, 0.2) is 72.6 Å². The first kappa shape index (κ1) is 20.6. The van der Waals surface area contributed by atoms with E-state index in [0.717, 1.165) is 0 Å². The average molecular weight is 444 g/mol. The van der Waals surface area contributed by atoms with Gasteiger partial charge < -0.3 is 19.3 Å². The van der Waals surface area contributed by atoms with Crippen molar-refractivity contribution < 1.29 is 28.9 Å². The fourth-order valence-electron chi connectivity index (χ4n) is 4.12. The Hall–Kier alpha value is -4.33. The van der Waals surface area contributed by atoms with Crippen LogP contribution in [-0.4, -0.2) is 42.1 Å². The largest absolute Gasteiger partial charge is 0.507 e. The lowest BCUT2D eigenvalue weighted by molar-refractivity contribution is -0.132. The maximum atomic E-state index is 13.3. The number of aliphatic hydroxyl groups excluding tert-OH is 1. The Morgan fingerprint density at radius 1 is 1.03 bits per heavy atom. The van der Waals surface area contributed by atoms with Crippen LogP contribution in [0.3, 0.4) is 0 Å². The highest BCUT2D eigenvalue weighted by Crippen LogP contribution is 2.45. The number of fused-ring (bicyclic) bond motifs is 1. The van der Waals surface area contributed by atoms with Gasteiger partial charge in [0.1, 0.15) is 24.7 Å². The molecule has 1 fully saturated rings. The van der Waals surface area contributed by atoms with Gasteiger partial charge in [-0.3, -0.25) is 19.5 Å². The van der Waals surface area contributed by atoms with Crippen LogP contribution >= 0.6 is 0 Å². The molecule has 2 aliphatic rings. The zero-order valence-corrected chi connectivity index (χ0v) is 17.7. The minimum absolute atomic E-state index is 0.0335. The highest BCUT2D eigenvalue weighted by atomic mass is 16.6. The standard InChI is InChI=1S/C25H20N2O6/c1-31-18-5-3-2-4-17(18)27-22(15-8-10-26-11-9-15)21(24(29)25(27)30)23(28)16-6-7-19-20(14-16)33-13-12-32-19/h2-11,14,22,28H,12-13H2,1H3/b23-21-. The molecule has 0 bridgehead atoms. The van der Waals surface area contributed by atoms with Gasteiger partial charge >= 0.3 is 0 Å². The normalized spacial score (nSPS) is 18.9. The number of para-hydroxylation sites is 2. The number of carbonyl (C=O) groups is 2. The number of aliphatic hydroxyl groups is 1. The number of benzene rings is 2. The number of nitrogens with zero attached hydrogens (tertiary/aromatic N) is 2. The van der Waals surface area contributed by atoms with Crippen molar-refractivity contribution in [2.45, 2.75) is 6.04 Å². The van der Waals surface area contributed by atoms with E-state index in [1.54, 1.807) is 67.0 Å². The fraction of sp³-hybridized carbons (Fsp3) is 0.160. The molecule has 2 aliphatic heterocycles. The molecule has 1 amide bonds. The molecule has 0 spiro atoms. The van der Waals surface area contributed by atoms with Crippen LogP contribution < -0.4 is 19.1 Å². The van der Waals surface area contributed by atoms with E-state index in [9.17, 15) is 14.7 Å². The summed E-state index contributed by atoms with van der Waals surface area (Å²) in [5, 5.41) is 11.3. The highest BCUT2D eigenvalue weighted by Gasteiger charge is 2.47. The predicted octanol–water partition coefficient (Wildman–Crippen LogP) is 3.49. The molecule has 2 aromatic carbocycles. The van der Waals surface area contributed by atoms with Gasteiger partial charge in [-0.25, -0.2) is 0 Å². The van der Waals surface area contributed by atoms with Gasteiger partial charge in [-0.2, -0.15) is 0 Å². The van der Waals surface area contributed by atoms with E-state index in [4.69, 9.17) is 14.2 Å². The molecule has 1 N–H and O–H groups in total. The maximum absolute atomic E-state index is 13.3. The molecule has 33 heavy (non-hydrogen) atoms. The molecule has 0 aliphatic carbocycles. The van der Waals surface area contributed by atoms with Crippen LogP contribution in [0.5, 0.6) is 17.2 Å². The predicted molar refractivity (Wildman–Crippen MR) is 119 cm³/mol. The zero-order valence-electron chi connectivity index (χ0n) is 17.7. The summed E-state index contributed by atoms with van der Waals surface area (Å²) in [6.45, 7) is 0.816. The Kier molecular flexibility index (Phi) is 5.18. The first-order valence-corrected chi connectivity index (χ1v) is 10.3. The molecule has 1 unspecified atom stereocenters. The maximum Gasteiger partial charge on any atom is 0.300 e. The van der Waals surface area contributed by atoms with Crippen molar-refractivity contribution in [2.75, 3.05) is 25.2 Å². The average Bonchev–Trinajstić information content (AvgIpc) is 3.13. The van der Waals surface area contributed by atoms with Crippen LogP contribution in [-0.2, 0) is 9.59 Å². The third-order valence-corrected chi connectivity index (χ3v) is 5.63. The number of rotatable bonds is 4. The van der Waals surface area contributed by atoms with Gasteiger partial charge in [0.15, 0.2) is 11.5 Å². The molecular formula is C25H20N2O6. The molecule has 0 saturated carbocycles.